The normalized spacial score (nSPS) is 30.8. The van der Waals surface area contributed by atoms with E-state index in [1.165, 1.54) is 0 Å². The number of nitrogens with zero attached hydrogens (tertiary/aromatic N) is 2. The molecule has 2 heterocycles. The molecule has 2 aliphatic heterocycles. The second kappa shape index (κ2) is 5.00. The Morgan fingerprint density at radius 3 is 2.22 bits per heavy atom. The van der Waals surface area contributed by atoms with Crippen molar-refractivity contribution < 1.29 is 14.7 Å². The van der Waals surface area contributed by atoms with Crippen LogP contribution in [0.2, 0.25) is 0 Å². The molecule has 2 rings (SSSR count). The van der Waals surface area contributed by atoms with Gasteiger partial charge in [0.2, 0.25) is 0 Å². The minimum atomic E-state index is -0.836. The van der Waals surface area contributed by atoms with E-state index >= 15 is 0 Å². The fraction of sp³-hybridized carbons (Fsp3) is 0.692. The Bertz CT molecular complexity index is 364. The fourth-order valence-electron chi connectivity index (χ4n) is 3.08. The van der Waals surface area contributed by atoms with Gasteiger partial charge in [0, 0.05) is 38.3 Å². The Morgan fingerprint density at radius 1 is 1.22 bits per heavy atom. The van der Waals surface area contributed by atoms with Crippen molar-refractivity contribution in [3.05, 3.63) is 12.3 Å². The molecule has 2 atom stereocenters. The minimum absolute atomic E-state index is 0.00528. The maximum absolute atomic E-state index is 12.0. The van der Waals surface area contributed by atoms with Crippen LogP contribution in [0.15, 0.2) is 12.3 Å². The van der Waals surface area contributed by atoms with Crippen molar-refractivity contribution in [2.24, 2.45) is 5.92 Å². The number of allylic oxidation sites excluding steroid dienone is 1. The summed E-state index contributed by atoms with van der Waals surface area (Å²) >= 11 is 0. The first-order valence-corrected chi connectivity index (χ1v) is 6.38. The molecular weight excluding hydrogens is 232 g/mol. The Balaban J connectivity index is 2.00. The zero-order chi connectivity index (χ0) is 13.3. The molecule has 1 amide bonds. The smallest absolute Gasteiger partial charge is 0.407 e. The topological polar surface area (TPSA) is 60.9 Å². The highest BCUT2D eigenvalue weighted by Crippen LogP contribution is 2.39. The Labute approximate surface area is 107 Å². The van der Waals surface area contributed by atoms with E-state index < -0.39 is 6.09 Å². The SMILES string of the molecule is CN(C)/C=C/C(=O)C1CC2CCC(C1)N2C(=O)O. The zero-order valence-electron chi connectivity index (χ0n) is 10.9. The van der Waals surface area contributed by atoms with E-state index in [0.717, 1.165) is 12.8 Å². The summed E-state index contributed by atoms with van der Waals surface area (Å²) in [7, 11) is 3.75. The predicted molar refractivity (Wildman–Crippen MR) is 67.2 cm³/mol. The van der Waals surface area contributed by atoms with Crippen LogP contribution >= 0.6 is 0 Å². The van der Waals surface area contributed by atoms with Crippen molar-refractivity contribution in [3.8, 4) is 0 Å². The summed E-state index contributed by atoms with van der Waals surface area (Å²) in [6.07, 6.45) is 5.70. The molecule has 5 heteroatoms. The second-order valence-electron chi connectivity index (χ2n) is 5.42. The third-order valence-corrected chi connectivity index (χ3v) is 3.89. The maximum atomic E-state index is 12.0. The molecule has 0 saturated carbocycles. The summed E-state index contributed by atoms with van der Waals surface area (Å²) in [4.78, 5) is 26.5. The third kappa shape index (κ3) is 2.49. The number of carbonyl (C=O) groups is 2. The second-order valence-corrected chi connectivity index (χ2v) is 5.42. The standard InChI is InChI=1S/C13H20N2O3/c1-14(2)6-5-12(16)9-7-10-3-4-11(8-9)15(10)13(17)18/h5-6,9-11H,3-4,7-8H2,1-2H3,(H,17,18)/b6-5+. The van der Waals surface area contributed by atoms with Crippen LogP contribution < -0.4 is 0 Å². The van der Waals surface area contributed by atoms with Gasteiger partial charge in [-0.2, -0.15) is 0 Å². The van der Waals surface area contributed by atoms with E-state index in [1.54, 1.807) is 17.2 Å². The quantitative estimate of drug-likeness (QED) is 0.774. The number of hydrogen-bond acceptors (Lipinski definition) is 3. The first kappa shape index (κ1) is 12.9. The van der Waals surface area contributed by atoms with E-state index in [2.05, 4.69) is 0 Å². The summed E-state index contributed by atoms with van der Waals surface area (Å²) in [6, 6.07) is 0.0888. The van der Waals surface area contributed by atoms with Gasteiger partial charge in [0.25, 0.3) is 0 Å². The number of ketones is 1. The van der Waals surface area contributed by atoms with Crippen molar-refractivity contribution in [2.75, 3.05) is 14.1 Å². The molecular formula is C13H20N2O3. The van der Waals surface area contributed by atoms with Crippen LogP contribution in [0.5, 0.6) is 0 Å². The number of hydrogen-bond donors (Lipinski definition) is 1. The molecule has 2 bridgehead atoms. The monoisotopic (exact) mass is 252 g/mol. The van der Waals surface area contributed by atoms with Gasteiger partial charge in [-0.1, -0.05) is 0 Å². The van der Waals surface area contributed by atoms with Crippen LogP contribution in [0, 0.1) is 5.92 Å². The molecule has 5 nitrogen and oxygen atoms in total. The van der Waals surface area contributed by atoms with Crippen LogP contribution in [0.1, 0.15) is 25.7 Å². The molecule has 0 spiro atoms. The maximum Gasteiger partial charge on any atom is 0.407 e. The largest absolute Gasteiger partial charge is 0.465 e. The average molecular weight is 252 g/mol. The van der Waals surface area contributed by atoms with Crippen molar-refractivity contribution in [1.29, 1.82) is 0 Å². The lowest BCUT2D eigenvalue weighted by Crippen LogP contribution is -2.47. The summed E-state index contributed by atoms with van der Waals surface area (Å²) in [5.74, 6) is 0.125. The molecule has 1 N–H and O–H groups in total. The van der Waals surface area contributed by atoms with Crippen molar-refractivity contribution in [3.63, 3.8) is 0 Å². The van der Waals surface area contributed by atoms with E-state index in [-0.39, 0.29) is 23.8 Å². The molecule has 0 aromatic rings. The predicted octanol–water partition coefficient (Wildman–Crippen LogP) is 1.55. The lowest BCUT2D eigenvalue weighted by molar-refractivity contribution is -0.120. The molecule has 2 aliphatic rings. The highest BCUT2D eigenvalue weighted by atomic mass is 16.4. The molecule has 100 valence electrons. The van der Waals surface area contributed by atoms with Crippen molar-refractivity contribution >= 4 is 11.9 Å². The molecule has 0 aliphatic carbocycles. The van der Waals surface area contributed by atoms with E-state index in [9.17, 15) is 9.59 Å². The summed E-state index contributed by atoms with van der Waals surface area (Å²) < 4.78 is 0. The van der Waals surface area contributed by atoms with E-state index in [1.807, 2.05) is 19.0 Å². The van der Waals surface area contributed by atoms with Gasteiger partial charge in [-0.05, 0) is 31.8 Å². The number of rotatable bonds is 3. The van der Waals surface area contributed by atoms with Crippen LogP contribution in [0.3, 0.4) is 0 Å². The first-order chi connectivity index (χ1) is 8.49. The lowest BCUT2D eigenvalue weighted by Gasteiger charge is -2.36. The van der Waals surface area contributed by atoms with Gasteiger partial charge >= 0.3 is 6.09 Å². The summed E-state index contributed by atoms with van der Waals surface area (Å²) in [6.45, 7) is 0. The molecule has 2 saturated heterocycles. The van der Waals surface area contributed by atoms with Gasteiger partial charge in [0.1, 0.15) is 0 Å². The van der Waals surface area contributed by atoms with Crippen LogP contribution in [-0.2, 0) is 4.79 Å². The van der Waals surface area contributed by atoms with Gasteiger partial charge in [0.15, 0.2) is 5.78 Å². The zero-order valence-corrected chi connectivity index (χ0v) is 10.9. The Kier molecular flexibility index (Phi) is 3.59. The van der Waals surface area contributed by atoms with E-state index in [0.29, 0.717) is 12.8 Å². The highest BCUT2D eigenvalue weighted by Gasteiger charge is 2.44. The van der Waals surface area contributed by atoms with Gasteiger partial charge < -0.3 is 14.9 Å². The fourth-order valence-corrected chi connectivity index (χ4v) is 3.08. The van der Waals surface area contributed by atoms with Gasteiger partial charge in [0.05, 0.1) is 0 Å². The molecule has 2 fully saturated rings. The highest BCUT2D eigenvalue weighted by molar-refractivity contribution is 5.92. The lowest BCUT2D eigenvalue weighted by atomic mass is 9.87. The Morgan fingerprint density at radius 2 is 1.78 bits per heavy atom. The number of carbonyl (C=O) groups excluding carboxylic acids is 1. The molecule has 18 heavy (non-hydrogen) atoms. The Hall–Kier alpha value is -1.52. The average Bonchev–Trinajstić information content (AvgIpc) is 2.57. The number of piperidine rings is 1. The van der Waals surface area contributed by atoms with Crippen LogP contribution in [-0.4, -0.2) is 53.0 Å². The summed E-state index contributed by atoms with van der Waals surface area (Å²) in [5.41, 5.74) is 0. The van der Waals surface area contributed by atoms with Gasteiger partial charge in [-0.3, -0.25) is 4.79 Å². The van der Waals surface area contributed by atoms with Crippen molar-refractivity contribution in [2.45, 2.75) is 37.8 Å². The third-order valence-electron chi connectivity index (χ3n) is 3.89. The molecule has 2 unspecified atom stereocenters. The number of fused-ring (bicyclic) bond motifs is 2. The molecule has 0 radical (unpaired) electrons. The number of carboxylic acid groups (broad SMARTS) is 1. The summed E-state index contributed by atoms with van der Waals surface area (Å²) in [5, 5.41) is 9.14. The van der Waals surface area contributed by atoms with E-state index in [4.69, 9.17) is 5.11 Å². The van der Waals surface area contributed by atoms with Crippen molar-refractivity contribution in [1.82, 2.24) is 9.80 Å². The number of amides is 1. The van der Waals surface area contributed by atoms with Gasteiger partial charge in [-0.15, -0.1) is 0 Å². The van der Waals surface area contributed by atoms with Crippen LogP contribution in [0.4, 0.5) is 4.79 Å². The minimum Gasteiger partial charge on any atom is -0.465 e. The molecule has 0 aromatic carbocycles. The van der Waals surface area contributed by atoms with Crippen LogP contribution in [0.25, 0.3) is 0 Å². The van der Waals surface area contributed by atoms with Gasteiger partial charge in [-0.25, -0.2) is 4.79 Å². The molecule has 0 aromatic heterocycles. The first-order valence-electron chi connectivity index (χ1n) is 6.38.